The number of hydrogen-bond acceptors (Lipinski definition) is 4. The Labute approximate surface area is 123 Å². The van der Waals surface area contributed by atoms with E-state index >= 15 is 0 Å². The van der Waals surface area contributed by atoms with Crippen molar-refractivity contribution in [2.75, 3.05) is 13.2 Å². The Balaban J connectivity index is 2.19. The second-order valence-electron chi connectivity index (χ2n) is 5.05. The van der Waals surface area contributed by atoms with Crippen molar-refractivity contribution in [3.8, 4) is 6.07 Å². The molecule has 1 saturated carbocycles. The summed E-state index contributed by atoms with van der Waals surface area (Å²) in [5, 5.41) is 18.2. The molecule has 1 fully saturated rings. The summed E-state index contributed by atoms with van der Waals surface area (Å²) >= 11 is 5.80. The van der Waals surface area contributed by atoms with Crippen LogP contribution in [0.5, 0.6) is 0 Å². The molecule has 0 bridgehead atoms. The number of nitriles is 1. The van der Waals surface area contributed by atoms with Gasteiger partial charge in [-0.05, 0) is 42.9 Å². The average molecular weight is 315 g/mol. The minimum Gasteiger partial charge on any atom is -0.396 e. The highest BCUT2D eigenvalue weighted by atomic mass is 35.5. The van der Waals surface area contributed by atoms with Crippen molar-refractivity contribution >= 4 is 21.6 Å². The summed E-state index contributed by atoms with van der Waals surface area (Å²) in [5.41, 5.74) is -0.0679. The first kappa shape index (κ1) is 15.3. The lowest BCUT2D eigenvalue weighted by molar-refractivity contribution is 0.249. The molecule has 1 aromatic carbocycles. The number of benzene rings is 1. The summed E-state index contributed by atoms with van der Waals surface area (Å²) in [5.74, 6) is 0. The molecule has 0 spiro atoms. The number of rotatable bonds is 6. The number of sulfonamides is 1. The fourth-order valence-corrected chi connectivity index (χ4v) is 3.64. The summed E-state index contributed by atoms with van der Waals surface area (Å²) in [6, 6.07) is 5.99. The van der Waals surface area contributed by atoms with Crippen molar-refractivity contribution in [1.29, 1.82) is 5.26 Å². The van der Waals surface area contributed by atoms with Gasteiger partial charge in [0.2, 0.25) is 10.0 Å². The highest BCUT2D eigenvalue weighted by Crippen LogP contribution is 2.48. The molecule has 2 N–H and O–H groups in total. The molecular formula is C13H15ClN2O3S. The number of nitrogens with zero attached hydrogens (tertiary/aromatic N) is 1. The second-order valence-corrected chi connectivity index (χ2v) is 7.22. The third kappa shape index (κ3) is 3.30. The van der Waals surface area contributed by atoms with E-state index in [9.17, 15) is 8.42 Å². The van der Waals surface area contributed by atoms with Gasteiger partial charge < -0.3 is 5.11 Å². The van der Waals surface area contributed by atoms with Gasteiger partial charge in [-0.25, -0.2) is 13.1 Å². The van der Waals surface area contributed by atoms with Crippen LogP contribution in [0.4, 0.5) is 0 Å². The van der Waals surface area contributed by atoms with E-state index in [1.807, 2.05) is 6.07 Å². The number of nitrogens with one attached hydrogen (secondary N) is 1. The maximum atomic E-state index is 12.3. The molecule has 0 heterocycles. The van der Waals surface area contributed by atoms with E-state index in [4.69, 9.17) is 22.0 Å². The summed E-state index contributed by atoms with van der Waals surface area (Å²) < 4.78 is 27.0. The van der Waals surface area contributed by atoms with Crippen LogP contribution < -0.4 is 4.72 Å². The predicted octanol–water partition coefficient (Wildman–Crippen LogP) is 1.65. The van der Waals surface area contributed by atoms with E-state index in [1.54, 1.807) is 0 Å². The molecule has 1 aliphatic carbocycles. The van der Waals surface area contributed by atoms with E-state index < -0.39 is 10.0 Å². The molecule has 0 amide bonds. The molecule has 1 aromatic rings. The Morgan fingerprint density at radius 1 is 1.45 bits per heavy atom. The number of hydrogen-bond donors (Lipinski definition) is 2. The summed E-state index contributed by atoms with van der Waals surface area (Å²) in [6.07, 6.45) is 2.38. The maximum Gasteiger partial charge on any atom is 0.241 e. The summed E-state index contributed by atoms with van der Waals surface area (Å²) in [7, 11) is -3.78. The van der Waals surface area contributed by atoms with Gasteiger partial charge in [0.05, 0.1) is 5.56 Å². The van der Waals surface area contributed by atoms with Crippen LogP contribution in [0, 0.1) is 16.7 Å². The zero-order valence-corrected chi connectivity index (χ0v) is 12.3. The third-order valence-corrected chi connectivity index (χ3v) is 5.27. The minimum atomic E-state index is -3.78. The molecule has 0 atom stereocenters. The van der Waals surface area contributed by atoms with E-state index in [2.05, 4.69) is 4.72 Å². The Kier molecular flexibility index (Phi) is 4.35. The lowest BCUT2D eigenvalue weighted by Gasteiger charge is -2.15. The second kappa shape index (κ2) is 5.70. The molecule has 0 unspecified atom stereocenters. The van der Waals surface area contributed by atoms with E-state index in [-0.39, 0.29) is 34.0 Å². The molecule has 5 nitrogen and oxygen atoms in total. The topological polar surface area (TPSA) is 90.2 Å². The van der Waals surface area contributed by atoms with Crippen LogP contribution >= 0.6 is 11.6 Å². The van der Waals surface area contributed by atoms with Crippen molar-refractivity contribution in [1.82, 2.24) is 4.72 Å². The van der Waals surface area contributed by atoms with E-state index in [0.717, 1.165) is 12.8 Å². The van der Waals surface area contributed by atoms with Gasteiger partial charge >= 0.3 is 0 Å². The van der Waals surface area contributed by atoms with E-state index in [1.165, 1.54) is 18.2 Å². The molecule has 0 aliphatic heterocycles. The zero-order chi connectivity index (χ0) is 14.8. The van der Waals surface area contributed by atoms with Crippen LogP contribution in [-0.2, 0) is 10.0 Å². The first-order chi connectivity index (χ1) is 9.42. The van der Waals surface area contributed by atoms with Crippen LogP contribution in [0.3, 0.4) is 0 Å². The maximum absolute atomic E-state index is 12.3. The van der Waals surface area contributed by atoms with Crippen molar-refractivity contribution < 1.29 is 13.5 Å². The monoisotopic (exact) mass is 314 g/mol. The Hall–Kier alpha value is -1.13. The molecule has 2 rings (SSSR count). The van der Waals surface area contributed by atoms with Gasteiger partial charge in [-0.3, -0.25) is 0 Å². The van der Waals surface area contributed by atoms with Gasteiger partial charge in [0, 0.05) is 18.2 Å². The van der Waals surface area contributed by atoms with Gasteiger partial charge in [0.1, 0.15) is 11.0 Å². The molecule has 108 valence electrons. The first-order valence-electron chi connectivity index (χ1n) is 6.23. The van der Waals surface area contributed by atoms with Gasteiger partial charge in [-0.1, -0.05) is 11.6 Å². The molecule has 1 aliphatic rings. The van der Waals surface area contributed by atoms with Gasteiger partial charge in [-0.2, -0.15) is 5.26 Å². The average Bonchev–Trinajstić information content (AvgIpc) is 3.17. The van der Waals surface area contributed by atoms with Gasteiger partial charge in [-0.15, -0.1) is 0 Å². The smallest absolute Gasteiger partial charge is 0.241 e. The summed E-state index contributed by atoms with van der Waals surface area (Å²) in [6.45, 7) is 0.315. The number of aliphatic hydroxyl groups excluding tert-OH is 1. The number of halogens is 1. The van der Waals surface area contributed by atoms with Gasteiger partial charge in [0.25, 0.3) is 0 Å². The fourth-order valence-electron chi connectivity index (χ4n) is 2.07. The highest BCUT2D eigenvalue weighted by molar-refractivity contribution is 7.89. The SMILES string of the molecule is N#Cc1ccc(Cl)cc1S(=O)(=O)NCC1(CCO)CC1. The normalized spacial score (nSPS) is 16.6. The van der Waals surface area contributed by atoms with Gasteiger partial charge in [0.15, 0.2) is 0 Å². The molecule has 0 saturated heterocycles. The lowest BCUT2D eigenvalue weighted by Crippen LogP contribution is -2.31. The quantitative estimate of drug-likeness (QED) is 0.835. The fraction of sp³-hybridized carbons (Fsp3) is 0.462. The van der Waals surface area contributed by atoms with Crippen LogP contribution in [0.2, 0.25) is 5.02 Å². The van der Waals surface area contributed by atoms with Crippen LogP contribution in [0.1, 0.15) is 24.8 Å². The predicted molar refractivity (Wildman–Crippen MR) is 74.7 cm³/mol. The van der Waals surface area contributed by atoms with Crippen LogP contribution in [-0.4, -0.2) is 26.7 Å². The van der Waals surface area contributed by atoms with Crippen molar-refractivity contribution in [3.63, 3.8) is 0 Å². The standard InChI is InChI=1S/C13H15ClN2O3S/c14-11-2-1-10(8-15)12(7-11)20(18,19)16-9-13(3-4-13)5-6-17/h1-2,7,16-17H,3-6,9H2. The molecule has 7 heteroatoms. The molecule has 20 heavy (non-hydrogen) atoms. The first-order valence-corrected chi connectivity index (χ1v) is 8.09. The molecular weight excluding hydrogens is 300 g/mol. The van der Waals surface area contributed by atoms with Crippen molar-refractivity contribution in [2.24, 2.45) is 5.41 Å². The van der Waals surface area contributed by atoms with Crippen molar-refractivity contribution in [2.45, 2.75) is 24.2 Å². The third-order valence-electron chi connectivity index (χ3n) is 3.59. The highest BCUT2D eigenvalue weighted by Gasteiger charge is 2.42. The van der Waals surface area contributed by atoms with Crippen molar-refractivity contribution in [3.05, 3.63) is 28.8 Å². The van der Waals surface area contributed by atoms with Crippen LogP contribution in [0.25, 0.3) is 0 Å². The summed E-state index contributed by atoms with van der Waals surface area (Å²) in [4.78, 5) is -0.104. The minimum absolute atomic E-state index is 0.0440. The zero-order valence-electron chi connectivity index (χ0n) is 10.8. The molecule has 0 radical (unpaired) electrons. The molecule has 0 aromatic heterocycles. The Morgan fingerprint density at radius 2 is 2.15 bits per heavy atom. The largest absolute Gasteiger partial charge is 0.396 e. The van der Waals surface area contributed by atoms with E-state index in [0.29, 0.717) is 6.42 Å². The Morgan fingerprint density at radius 3 is 2.70 bits per heavy atom. The van der Waals surface area contributed by atoms with Crippen LogP contribution in [0.15, 0.2) is 23.1 Å². The lowest BCUT2D eigenvalue weighted by atomic mass is 10.0. The number of aliphatic hydroxyl groups is 1. The Bertz CT molecular complexity index is 648.